The van der Waals surface area contributed by atoms with Gasteiger partial charge in [-0.1, -0.05) is 133 Å². The van der Waals surface area contributed by atoms with Crippen LogP contribution in [0.3, 0.4) is 0 Å². The average Bonchev–Trinajstić information content (AvgIpc) is 3.88. The van der Waals surface area contributed by atoms with Gasteiger partial charge >= 0.3 is 5.97 Å². The molecule has 1 aromatic heterocycles. The number of rotatable bonds is 13. The molecule has 5 aromatic carbocycles. The fraction of sp³-hybridized carbons (Fsp3) is 0.268. The summed E-state index contributed by atoms with van der Waals surface area (Å²) in [5.41, 5.74) is 5.21. The lowest BCUT2D eigenvalue weighted by Gasteiger charge is -2.35. The highest BCUT2D eigenvalue weighted by Gasteiger charge is 2.43. The van der Waals surface area contributed by atoms with E-state index in [0.29, 0.717) is 41.6 Å². The lowest BCUT2D eigenvalue weighted by Crippen LogP contribution is -2.60. The van der Waals surface area contributed by atoms with Crippen molar-refractivity contribution in [2.24, 2.45) is 11.8 Å². The smallest absolute Gasteiger partial charge is 0.326 e. The number of carboxylic acids is 1. The van der Waals surface area contributed by atoms with Crippen molar-refractivity contribution in [2.45, 2.75) is 81.6 Å². The first-order chi connectivity index (χ1) is 34.4. The molecule has 7 atom stereocenters. The Hall–Kier alpha value is -7.91. The fourth-order valence-corrected chi connectivity index (χ4v) is 9.67. The van der Waals surface area contributed by atoms with Gasteiger partial charge in [0.05, 0.1) is 0 Å². The maximum absolute atomic E-state index is 14.9. The number of hydrogen-bond acceptors (Lipinski definition) is 8. The topological polar surface area (TPSA) is 212 Å². The molecular weight excluding hydrogens is 917 g/mol. The summed E-state index contributed by atoms with van der Waals surface area (Å²) in [6, 6.07) is 39.6. The predicted molar refractivity (Wildman–Crippen MR) is 271 cm³/mol. The molecule has 3 heterocycles. The van der Waals surface area contributed by atoms with E-state index in [0.717, 1.165) is 21.6 Å². The molecule has 6 amide bonds. The number of amides is 6. The van der Waals surface area contributed by atoms with Crippen LogP contribution in [0.1, 0.15) is 46.4 Å². The van der Waals surface area contributed by atoms with Gasteiger partial charge in [0.25, 0.3) is 0 Å². The molecule has 14 nitrogen and oxygen atoms in total. The Morgan fingerprint density at radius 1 is 0.563 bits per heavy atom. The van der Waals surface area contributed by atoms with E-state index >= 15 is 0 Å². The zero-order valence-corrected chi connectivity index (χ0v) is 39.7. The van der Waals surface area contributed by atoms with Crippen LogP contribution in [0.4, 0.5) is 5.69 Å². The van der Waals surface area contributed by atoms with Crippen LogP contribution in [0.15, 0.2) is 157 Å². The Balaban J connectivity index is 1.14. The van der Waals surface area contributed by atoms with Crippen LogP contribution in [-0.4, -0.2) is 76.7 Å². The van der Waals surface area contributed by atoms with Gasteiger partial charge in [-0.2, -0.15) is 0 Å². The standard InChI is InChI=1S/C56H56N6O8S/c63-50-43-27-28-44(43)51(64)59-48(34-42-17-10-30-71-42)55(68)61-46(31-37-18-23-40(24-19-37)39-15-8-3-9-16-39)53(66)58-45(29-22-35-11-4-1-5-12-35)52(65)60-47(32-38-20-25-41(57-50)26-21-38)54(67)62-49(56(69)70)33-36-13-6-2-7-14-36/h1-21,23-26,30,43-49H,22,27-29,31-34H2,(H,57,63)(H,58,66)(H,59,64)(H,60,65)(H,61,68)(H,62,67)(H,69,70)/t43-,44+,45+,46-,47-,48+,49+/m1/s1. The third-order valence-electron chi connectivity index (χ3n) is 13.1. The van der Waals surface area contributed by atoms with E-state index in [1.54, 1.807) is 54.6 Å². The van der Waals surface area contributed by atoms with Crippen LogP contribution in [0, 0.1) is 11.8 Å². The van der Waals surface area contributed by atoms with Crippen LogP contribution in [0.25, 0.3) is 11.1 Å². The summed E-state index contributed by atoms with van der Waals surface area (Å²) in [4.78, 5) is 99.6. The van der Waals surface area contributed by atoms with Crippen molar-refractivity contribution >= 4 is 58.4 Å². The van der Waals surface area contributed by atoms with Crippen molar-refractivity contribution in [1.29, 1.82) is 0 Å². The zero-order chi connectivity index (χ0) is 49.7. The molecule has 1 fully saturated rings. The van der Waals surface area contributed by atoms with E-state index in [9.17, 15) is 38.7 Å². The van der Waals surface area contributed by atoms with Gasteiger partial charge in [0, 0.05) is 48.1 Å². The van der Waals surface area contributed by atoms with Crippen LogP contribution in [0.2, 0.25) is 0 Å². The fourth-order valence-electron chi connectivity index (χ4n) is 8.92. The SMILES string of the molecule is O=C(O)[C@H](Cc1ccccc1)NC(=O)[C@H]1Cc2ccc(cc2)NC(=O)[C@@H]2CC[C@@H]2C(=O)N[C@@H](Cc2cccs2)C(=O)N[C@H](Cc2ccc(-c3ccccc3)cc2)C(=O)N[C@@H](CCc2ccccc2)C(=O)N1. The first kappa shape index (κ1) is 49.5. The summed E-state index contributed by atoms with van der Waals surface area (Å²) < 4.78 is 0. The minimum Gasteiger partial charge on any atom is -0.480 e. The summed E-state index contributed by atoms with van der Waals surface area (Å²) in [5.74, 6) is -6.26. The first-order valence-electron chi connectivity index (χ1n) is 23.8. The first-order valence-corrected chi connectivity index (χ1v) is 24.7. The Kier molecular flexibility index (Phi) is 16.5. The number of anilines is 1. The van der Waals surface area contributed by atoms with E-state index in [1.807, 2.05) is 102 Å². The van der Waals surface area contributed by atoms with Crippen LogP contribution in [-0.2, 0) is 65.7 Å². The maximum atomic E-state index is 14.9. The highest BCUT2D eigenvalue weighted by Crippen LogP contribution is 2.36. The molecule has 0 radical (unpaired) electrons. The monoisotopic (exact) mass is 972 g/mol. The van der Waals surface area contributed by atoms with Crippen LogP contribution in [0.5, 0.6) is 0 Å². The number of benzene rings is 5. The Labute approximate surface area is 416 Å². The molecular formula is C56H56N6O8S. The van der Waals surface area contributed by atoms with Crippen LogP contribution < -0.4 is 31.9 Å². The molecule has 6 aromatic rings. The minimum absolute atomic E-state index is 0.00303. The van der Waals surface area contributed by atoms with Crippen molar-refractivity contribution in [3.63, 3.8) is 0 Å². The Morgan fingerprint density at radius 3 is 1.75 bits per heavy atom. The molecule has 364 valence electrons. The van der Waals surface area contributed by atoms with Crippen molar-refractivity contribution in [1.82, 2.24) is 26.6 Å². The van der Waals surface area contributed by atoms with Crippen LogP contribution >= 0.6 is 11.3 Å². The summed E-state index contributed by atoms with van der Waals surface area (Å²) in [5, 5.41) is 29.2. The molecule has 2 aliphatic heterocycles. The number of aryl methyl sites for hydroxylation is 1. The molecule has 0 unspecified atom stereocenters. The molecule has 1 aliphatic carbocycles. The van der Waals surface area contributed by atoms with E-state index in [1.165, 1.54) is 11.3 Å². The van der Waals surface area contributed by atoms with Gasteiger partial charge < -0.3 is 37.0 Å². The normalized spacial score (nSPS) is 21.3. The predicted octanol–water partition coefficient (Wildman–Crippen LogP) is 5.81. The molecule has 3 aliphatic rings. The zero-order valence-electron chi connectivity index (χ0n) is 38.9. The van der Waals surface area contributed by atoms with Crippen molar-refractivity contribution in [3.8, 4) is 11.1 Å². The molecule has 0 saturated heterocycles. The van der Waals surface area contributed by atoms with Gasteiger partial charge in [-0.3, -0.25) is 28.8 Å². The quantitative estimate of drug-likeness (QED) is 0.0701. The number of thiophene rings is 1. The second-order valence-electron chi connectivity index (χ2n) is 18.1. The van der Waals surface area contributed by atoms with Gasteiger partial charge in [-0.05, 0) is 82.6 Å². The molecule has 2 bridgehead atoms. The molecule has 15 heteroatoms. The Morgan fingerprint density at radius 2 is 1.13 bits per heavy atom. The van der Waals surface area contributed by atoms with Gasteiger partial charge in [-0.25, -0.2) is 4.79 Å². The average molecular weight is 973 g/mol. The number of aliphatic carboxylic acids is 1. The highest BCUT2D eigenvalue weighted by atomic mass is 32.1. The highest BCUT2D eigenvalue weighted by molar-refractivity contribution is 7.09. The van der Waals surface area contributed by atoms with Gasteiger partial charge in [-0.15, -0.1) is 11.3 Å². The minimum atomic E-state index is -1.34. The van der Waals surface area contributed by atoms with Crippen molar-refractivity contribution in [2.75, 3.05) is 5.32 Å². The number of carboxylic acid groups (broad SMARTS) is 1. The van der Waals surface area contributed by atoms with Gasteiger partial charge in [0.1, 0.15) is 30.2 Å². The lowest BCUT2D eigenvalue weighted by atomic mass is 9.72. The maximum Gasteiger partial charge on any atom is 0.326 e. The number of carbonyl (C=O) groups is 7. The summed E-state index contributed by atoms with van der Waals surface area (Å²) in [7, 11) is 0. The molecule has 9 rings (SSSR count). The van der Waals surface area contributed by atoms with E-state index in [-0.39, 0.29) is 38.0 Å². The summed E-state index contributed by atoms with van der Waals surface area (Å²) >= 11 is 1.41. The van der Waals surface area contributed by atoms with Gasteiger partial charge in [0.2, 0.25) is 35.4 Å². The largest absolute Gasteiger partial charge is 0.480 e. The second-order valence-corrected chi connectivity index (χ2v) is 19.1. The number of nitrogens with one attached hydrogen (secondary N) is 6. The van der Waals surface area contributed by atoms with Crippen molar-refractivity contribution in [3.05, 3.63) is 184 Å². The number of hydrogen-bond donors (Lipinski definition) is 7. The lowest BCUT2D eigenvalue weighted by molar-refractivity contribution is -0.142. The summed E-state index contributed by atoms with van der Waals surface area (Å²) in [6.45, 7) is 0. The van der Waals surface area contributed by atoms with E-state index in [4.69, 9.17) is 0 Å². The van der Waals surface area contributed by atoms with E-state index < -0.39 is 77.6 Å². The number of carbonyl (C=O) groups excluding carboxylic acids is 6. The molecule has 7 N–H and O–H groups in total. The number of fused-ring (bicyclic) bond motifs is 15. The molecule has 1 saturated carbocycles. The molecule has 71 heavy (non-hydrogen) atoms. The second kappa shape index (κ2) is 23.6. The van der Waals surface area contributed by atoms with E-state index in [2.05, 4.69) is 31.9 Å². The third kappa shape index (κ3) is 13.5. The van der Waals surface area contributed by atoms with Gasteiger partial charge in [0.15, 0.2) is 0 Å². The summed E-state index contributed by atoms with van der Waals surface area (Å²) in [6.07, 6.45) is 1.33. The third-order valence-corrected chi connectivity index (χ3v) is 14.0. The molecule has 0 spiro atoms. The van der Waals surface area contributed by atoms with Crippen molar-refractivity contribution < 1.29 is 38.7 Å². The Bertz CT molecular complexity index is 2790.